The lowest BCUT2D eigenvalue weighted by Crippen LogP contribution is -2.33. The van der Waals surface area contributed by atoms with E-state index in [4.69, 9.17) is 0 Å². The van der Waals surface area contributed by atoms with Crippen LogP contribution < -0.4 is 5.32 Å². The summed E-state index contributed by atoms with van der Waals surface area (Å²) < 4.78 is 0. The van der Waals surface area contributed by atoms with Crippen molar-refractivity contribution in [2.45, 2.75) is 30.0 Å². The largest absolute Gasteiger partial charge is 0.355 e. The summed E-state index contributed by atoms with van der Waals surface area (Å²) in [7, 11) is 0. The molecule has 0 aliphatic heterocycles. The normalized spacial score (nSPS) is 13.4. The minimum absolute atomic E-state index is 0.0236. The second-order valence-electron chi connectivity index (χ2n) is 6.01. The smallest absolute Gasteiger partial charge is 0.233 e. The van der Waals surface area contributed by atoms with Crippen LogP contribution in [0.4, 0.5) is 0 Å². The first-order valence-corrected chi connectivity index (χ1v) is 9.22. The van der Waals surface area contributed by atoms with Gasteiger partial charge in [0, 0.05) is 11.9 Å². The molecule has 1 N–H and O–H groups in total. The number of nitrogens with one attached hydrogen (secondary N) is 1. The van der Waals surface area contributed by atoms with Crippen LogP contribution in [0.15, 0.2) is 66.0 Å². The fourth-order valence-corrected chi connectivity index (χ4v) is 3.52. The third-order valence-electron chi connectivity index (χ3n) is 4.11. The minimum Gasteiger partial charge on any atom is -0.355 e. The number of nitrogens with zero attached hydrogens (tertiary/aromatic N) is 2. The number of thioether (sulfide) groups is 1. The molecule has 0 saturated carbocycles. The van der Waals surface area contributed by atoms with Gasteiger partial charge in [-0.3, -0.25) is 4.79 Å². The maximum Gasteiger partial charge on any atom is 0.233 e. The maximum absolute atomic E-state index is 12.4. The van der Waals surface area contributed by atoms with Gasteiger partial charge in [-0.1, -0.05) is 67.2 Å². The molecule has 0 bridgehead atoms. The highest BCUT2D eigenvalue weighted by atomic mass is 32.2. The Labute approximate surface area is 152 Å². The minimum atomic E-state index is -0.221. The molecule has 0 fully saturated rings. The summed E-state index contributed by atoms with van der Waals surface area (Å²) in [6, 6.07) is 18.1. The molecule has 0 spiro atoms. The van der Waals surface area contributed by atoms with Crippen molar-refractivity contribution < 1.29 is 4.79 Å². The van der Waals surface area contributed by atoms with Crippen LogP contribution in [0.1, 0.15) is 25.3 Å². The number of fused-ring (bicyclic) bond motifs is 1. The first-order chi connectivity index (χ1) is 12.1. The monoisotopic (exact) mass is 351 g/mol. The fraction of sp³-hybridized carbons (Fsp3) is 0.250. The van der Waals surface area contributed by atoms with E-state index in [1.807, 2.05) is 49.4 Å². The summed E-state index contributed by atoms with van der Waals surface area (Å²) in [5.41, 5.74) is 2.12. The Morgan fingerprint density at radius 1 is 1.04 bits per heavy atom. The number of carbonyl (C=O) groups is 1. The van der Waals surface area contributed by atoms with Crippen molar-refractivity contribution in [3.63, 3.8) is 0 Å². The van der Waals surface area contributed by atoms with Crippen LogP contribution in [-0.4, -0.2) is 27.7 Å². The SMILES string of the molecule is CC(Sc1ncnc2ccccc12)C(=O)NCC(C)c1ccccc1. The lowest BCUT2D eigenvalue weighted by Gasteiger charge is -2.16. The van der Waals surface area contributed by atoms with Crippen molar-refractivity contribution in [1.82, 2.24) is 15.3 Å². The average molecular weight is 351 g/mol. The van der Waals surface area contributed by atoms with Crippen molar-refractivity contribution in [1.29, 1.82) is 0 Å². The Bertz CT molecular complexity index is 848. The van der Waals surface area contributed by atoms with E-state index >= 15 is 0 Å². The Kier molecular flexibility index (Phi) is 5.66. The Morgan fingerprint density at radius 2 is 1.76 bits per heavy atom. The first-order valence-electron chi connectivity index (χ1n) is 8.34. The molecule has 3 aromatic rings. The second kappa shape index (κ2) is 8.12. The molecule has 128 valence electrons. The number of rotatable bonds is 6. The quantitative estimate of drug-likeness (QED) is 0.538. The van der Waals surface area contributed by atoms with Crippen molar-refractivity contribution in [2.75, 3.05) is 6.54 Å². The molecule has 2 atom stereocenters. The van der Waals surface area contributed by atoms with Gasteiger partial charge in [0.05, 0.1) is 10.8 Å². The van der Waals surface area contributed by atoms with Crippen LogP contribution in [-0.2, 0) is 4.79 Å². The first kappa shape index (κ1) is 17.4. The van der Waals surface area contributed by atoms with Gasteiger partial charge in [-0.05, 0) is 24.5 Å². The lowest BCUT2D eigenvalue weighted by atomic mass is 10.0. The van der Waals surface area contributed by atoms with Gasteiger partial charge >= 0.3 is 0 Å². The molecule has 1 aromatic heterocycles. The fourth-order valence-electron chi connectivity index (χ4n) is 2.59. The van der Waals surface area contributed by atoms with E-state index in [9.17, 15) is 4.79 Å². The highest BCUT2D eigenvalue weighted by Gasteiger charge is 2.17. The Morgan fingerprint density at radius 3 is 2.56 bits per heavy atom. The highest BCUT2D eigenvalue weighted by molar-refractivity contribution is 8.00. The number of amides is 1. The van der Waals surface area contributed by atoms with E-state index in [0.717, 1.165) is 15.9 Å². The van der Waals surface area contributed by atoms with Gasteiger partial charge in [-0.15, -0.1) is 0 Å². The van der Waals surface area contributed by atoms with Gasteiger partial charge in [0.25, 0.3) is 0 Å². The maximum atomic E-state index is 12.4. The third kappa shape index (κ3) is 4.37. The molecule has 0 radical (unpaired) electrons. The molecule has 0 saturated heterocycles. The van der Waals surface area contributed by atoms with Crippen LogP contribution >= 0.6 is 11.8 Å². The van der Waals surface area contributed by atoms with Crippen LogP contribution in [0.3, 0.4) is 0 Å². The van der Waals surface area contributed by atoms with Crippen LogP contribution in [0.25, 0.3) is 10.9 Å². The highest BCUT2D eigenvalue weighted by Crippen LogP contribution is 2.27. The Balaban J connectivity index is 1.61. The van der Waals surface area contributed by atoms with Gasteiger partial charge in [0.1, 0.15) is 11.4 Å². The molecule has 2 unspecified atom stereocenters. The molecule has 25 heavy (non-hydrogen) atoms. The summed E-state index contributed by atoms with van der Waals surface area (Å²) in [6.45, 7) is 4.65. The summed E-state index contributed by atoms with van der Waals surface area (Å²) in [5.74, 6) is 0.303. The summed E-state index contributed by atoms with van der Waals surface area (Å²) in [5, 5.41) is 4.64. The third-order valence-corrected chi connectivity index (χ3v) is 5.23. The number of carbonyl (C=O) groups excluding carboxylic acids is 1. The molecular formula is C20H21N3OS. The van der Waals surface area contributed by atoms with Gasteiger partial charge in [-0.2, -0.15) is 0 Å². The van der Waals surface area contributed by atoms with Gasteiger partial charge in [0.2, 0.25) is 5.91 Å². The average Bonchev–Trinajstić information content (AvgIpc) is 2.66. The van der Waals surface area contributed by atoms with Crippen molar-refractivity contribution in [3.8, 4) is 0 Å². The molecule has 5 heteroatoms. The van der Waals surface area contributed by atoms with Crippen molar-refractivity contribution in [2.24, 2.45) is 0 Å². The predicted molar refractivity (Wildman–Crippen MR) is 103 cm³/mol. The predicted octanol–water partition coefficient (Wildman–Crippen LogP) is 4.03. The van der Waals surface area contributed by atoms with E-state index < -0.39 is 0 Å². The van der Waals surface area contributed by atoms with Crippen LogP contribution in [0.2, 0.25) is 0 Å². The number of aromatic nitrogens is 2. The van der Waals surface area contributed by atoms with Crippen molar-refractivity contribution >= 4 is 28.6 Å². The molecule has 4 nitrogen and oxygen atoms in total. The lowest BCUT2D eigenvalue weighted by molar-refractivity contribution is -0.120. The van der Waals surface area contributed by atoms with E-state index in [2.05, 4.69) is 34.3 Å². The second-order valence-corrected chi connectivity index (χ2v) is 7.34. The Hall–Kier alpha value is -2.40. The summed E-state index contributed by atoms with van der Waals surface area (Å²) in [6.07, 6.45) is 1.55. The zero-order valence-corrected chi connectivity index (χ0v) is 15.2. The van der Waals surface area contributed by atoms with Crippen LogP contribution in [0, 0.1) is 0 Å². The van der Waals surface area contributed by atoms with Crippen LogP contribution in [0.5, 0.6) is 0 Å². The van der Waals surface area contributed by atoms with Gasteiger partial charge < -0.3 is 5.32 Å². The standard InChI is InChI=1S/C20H21N3OS/c1-14(16-8-4-3-5-9-16)12-21-19(24)15(2)25-20-17-10-6-7-11-18(17)22-13-23-20/h3-11,13-15H,12H2,1-2H3,(H,21,24). The molecular weight excluding hydrogens is 330 g/mol. The summed E-state index contributed by atoms with van der Waals surface area (Å²) in [4.78, 5) is 21.0. The molecule has 0 aliphatic rings. The van der Waals surface area contributed by atoms with Gasteiger partial charge in [0.15, 0.2) is 0 Å². The number of hydrogen-bond donors (Lipinski definition) is 1. The number of benzene rings is 2. The van der Waals surface area contributed by atoms with E-state index in [1.54, 1.807) is 6.33 Å². The topological polar surface area (TPSA) is 54.9 Å². The molecule has 1 amide bonds. The number of hydrogen-bond acceptors (Lipinski definition) is 4. The zero-order chi connectivity index (χ0) is 17.6. The molecule has 3 rings (SSSR count). The molecule has 0 aliphatic carbocycles. The van der Waals surface area contributed by atoms with E-state index in [1.165, 1.54) is 17.3 Å². The van der Waals surface area contributed by atoms with E-state index in [-0.39, 0.29) is 17.1 Å². The summed E-state index contributed by atoms with van der Waals surface area (Å²) >= 11 is 1.47. The zero-order valence-electron chi connectivity index (χ0n) is 14.3. The van der Waals surface area contributed by atoms with Crippen molar-refractivity contribution in [3.05, 3.63) is 66.5 Å². The number of para-hydroxylation sites is 1. The molecule has 2 aromatic carbocycles. The van der Waals surface area contributed by atoms with E-state index in [0.29, 0.717) is 6.54 Å². The van der Waals surface area contributed by atoms with Gasteiger partial charge in [-0.25, -0.2) is 9.97 Å². The molecule has 1 heterocycles.